The third kappa shape index (κ3) is 3.76. The first-order chi connectivity index (χ1) is 9.29. The Morgan fingerprint density at radius 3 is 2.68 bits per heavy atom. The Kier molecular flexibility index (Phi) is 4.43. The molecule has 2 rings (SSSR count). The molecule has 0 aliphatic heterocycles. The highest BCUT2D eigenvalue weighted by molar-refractivity contribution is 5.46. The molecule has 2 N–H and O–H groups in total. The van der Waals surface area contributed by atoms with E-state index in [1.165, 1.54) is 12.4 Å². The molecule has 0 aliphatic rings. The smallest absolute Gasteiger partial charge is 0.182 e. The van der Waals surface area contributed by atoms with Gasteiger partial charge < -0.3 is 10.4 Å². The number of nitriles is 1. The molecule has 5 heteroatoms. The minimum Gasteiger partial charge on any atom is -0.391 e. The third-order valence-electron chi connectivity index (χ3n) is 2.62. The maximum absolute atomic E-state index is 9.93. The topological polar surface area (TPSA) is 81.8 Å². The molecule has 96 valence electrons. The second-order valence-corrected chi connectivity index (χ2v) is 4.09. The van der Waals surface area contributed by atoms with E-state index < -0.39 is 6.10 Å². The molecular formula is C14H14N4O. The van der Waals surface area contributed by atoms with E-state index in [-0.39, 0.29) is 5.69 Å². The molecule has 0 spiro atoms. The van der Waals surface area contributed by atoms with Gasteiger partial charge in [0.15, 0.2) is 11.5 Å². The summed E-state index contributed by atoms with van der Waals surface area (Å²) in [5, 5.41) is 21.7. The highest BCUT2D eigenvalue weighted by Gasteiger charge is 2.08. The van der Waals surface area contributed by atoms with Crippen molar-refractivity contribution in [2.75, 3.05) is 11.9 Å². The van der Waals surface area contributed by atoms with Crippen LogP contribution < -0.4 is 5.32 Å². The van der Waals surface area contributed by atoms with Crippen molar-refractivity contribution in [3.05, 3.63) is 54.0 Å². The van der Waals surface area contributed by atoms with E-state index in [4.69, 9.17) is 5.26 Å². The second kappa shape index (κ2) is 6.47. The van der Waals surface area contributed by atoms with Gasteiger partial charge in [0.05, 0.1) is 6.10 Å². The largest absolute Gasteiger partial charge is 0.391 e. The molecule has 0 unspecified atom stereocenters. The van der Waals surface area contributed by atoms with Crippen LogP contribution in [0, 0.1) is 11.3 Å². The SMILES string of the molecule is N#Cc1nccnc1NC[C@H](O)Cc1ccccc1. The Hall–Kier alpha value is -2.45. The molecular weight excluding hydrogens is 240 g/mol. The van der Waals surface area contributed by atoms with Crippen LogP contribution in [0.25, 0.3) is 0 Å². The average molecular weight is 254 g/mol. The summed E-state index contributed by atoms with van der Waals surface area (Å²) >= 11 is 0. The van der Waals surface area contributed by atoms with Gasteiger partial charge in [-0.2, -0.15) is 5.26 Å². The number of benzene rings is 1. The summed E-state index contributed by atoms with van der Waals surface area (Å²) in [4.78, 5) is 7.91. The molecule has 0 saturated carbocycles. The first-order valence-electron chi connectivity index (χ1n) is 5.96. The van der Waals surface area contributed by atoms with E-state index in [0.717, 1.165) is 5.56 Å². The van der Waals surface area contributed by atoms with Crippen molar-refractivity contribution in [3.8, 4) is 6.07 Å². The summed E-state index contributed by atoms with van der Waals surface area (Å²) in [6.45, 7) is 0.322. The number of rotatable bonds is 5. The van der Waals surface area contributed by atoms with Crippen LogP contribution in [0.15, 0.2) is 42.7 Å². The summed E-state index contributed by atoms with van der Waals surface area (Å²) in [5.74, 6) is 0.400. The number of aromatic nitrogens is 2. The van der Waals surface area contributed by atoms with Crippen molar-refractivity contribution in [3.63, 3.8) is 0 Å². The van der Waals surface area contributed by atoms with E-state index in [1.807, 2.05) is 36.4 Å². The van der Waals surface area contributed by atoms with Gasteiger partial charge in [0.2, 0.25) is 0 Å². The Morgan fingerprint density at radius 1 is 1.21 bits per heavy atom. The Morgan fingerprint density at radius 2 is 1.95 bits per heavy atom. The first-order valence-corrected chi connectivity index (χ1v) is 5.96. The highest BCUT2D eigenvalue weighted by Crippen LogP contribution is 2.08. The summed E-state index contributed by atoms with van der Waals surface area (Å²) in [7, 11) is 0. The number of nitrogens with zero attached hydrogens (tertiary/aromatic N) is 3. The molecule has 5 nitrogen and oxygen atoms in total. The van der Waals surface area contributed by atoms with Crippen LogP contribution in [0.1, 0.15) is 11.3 Å². The fourth-order valence-corrected chi connectivity index (χ4v) is 1.72. The van der Waals surface area contributed by atoms with E-state index in [9.17, 15) is 5.11 Å². The standard InChI is InChI=1S/C14H14N4O/c15-9-13-14(17-7-6-16-13)18-10-12(19)8-11-4-2-1-3-5-11/h1-7,12,19H,8,10H2,(H,17,18)/t12-/m1/s1. The summed E-state index contributed by atoms with van der Waals surface area (Å²) in [6.07, 6.45) is 2.98. The molecule has 0 radical (unpaired) electrons. The van der Waals surface area contributed by atoms with Gasteiger partial charge in [0, 0.05) is 25.4 Å². The van der Waals surface area contributed by atoms with Crippen LogP contribution in [0.2, 0.25) is 0 Å². The highest BCUT2D eigenvalue weighted by atomic mass is 16.3. The van der Waals surface area contributed by atoms with E-state index >= 15 is 0 Å². The molecule has 19 heavy (non-hydrogen) atoms. The van der Waals surface area contributed by atoms with Gasteiger partial charge in [-0.05, 0) is 5.56 Å². The van der Waals surface area contributed by atoms with Gasteiger partial charge in [0.25, 0.3) is 0 Å². The van der Waals surface area contributed by atoms with Gasteiger partial charge in [0.1, 0.15) is 6.07 Å². The van der Waals surface area contributed by atoms with E-state index in [0.29, 0.717) is 18.8 Å². The normalized spacial score (nSPS) is 11.6. The maximum atomic E-state index is 9.93. The molecule has 0 saturated heterocycles. The predicted octanol–water partition coefficient (Wildman–Crippen LogP) is 1.36. The monoisotopic (exact) mass is 254 g/mol. The summed E-state index contributed by atoms with van der Waals surface area (Å²) < 4.78 is 0. The molecule has 2 aromatic rings. The van der Waals surface area contributed by atoms with E-state index in [1.54, 1.807) is 0 Å². The number of hydrogen-bond acceptors (Lipinski definition) is 5. The zero-order valence-electron chi connectivity index (χ0n) is 10.3. The van der Waals surface area contributed by atoms with Gasteiger partial charge in [-0.3, -0.25) is 0 Å². The van der Waals surface area contributed by atoms with Crippen LogP contribution >= 0.6 is 0 Å². The number of anilines is 1. The zero-order chi connectivity index (χ0) is 13.5. The van der Waals surface area contributed by atoms with Gasteiger partial charge in [-0.15, -0.1) is 0 Å². The molecule has 1 aromatic carbocycles. The van der Waals surface area contributed by atoms with Gasteiger partial charge in [-0.25, -0.2) is 9.97 Å². The molecule has 1 aromatic heterocycles. The van der Waals surface area contributed by atoms with Crippen molar-refractivity contribution in [1.29, 1.82) is 5.26 Å². The van der Waals surface area contributed by atoms with Crippen LogP contribution in [0.5, 0.6) is 0 Å². The molecule has 0 amide bonds. The maximum Gasteiger partial charge on any atom is 0.182 e. The number of nitrogens with one attached hydrogen (secondary N) is 1. The number of aliphatic hydroxyl groups excluding tert-OH is 1. The Labute approximate surface area is 111 Å². The van der Waals surface area contributed by atoms with Crippen LogP contribution in [0.4, 0.5) is 5.82 Å². The van der Waals surface area contributed by atoms with Crippen molar-refractivity contribution >= 4 is 5.82 Å². The quantitative estimate of drug-likeness (QED) is 0.842. The first kappa shape index (κ1) is 13.0. The lowest BCUT2D eigenvalue weighted by molar-refractivity contribution is 0.188. The second-order valence-electron chi connectivity index (χ2n) is 4.09. The van der Waals surface area contributed by atoms with E-state index in [2.05, 4.69) is 15.3 Å². The Balaban J connectivity index is 1.90. The van der Waals surface area contributed by atoms with Crippen molar-refractivity contribution in [2.24, 2.45) is 0 Å². The van der Waals surface area contributed by atoms with Crippen molar-refractivity contribution in [2.45, 2.75) is 12.5 Å². The Bertz CT molecular complexity index is 565. The summed E-state index contributed by atoms with van der Waals surface area (Å²) in [6, 6.07) is 11.7. The lowest BCUT2D eigenvalue weighted by Crippen LogP contribution is -2.22. The van der Waals surface area contributed by atoms with Crippen LogP contribution in [0.3, 0.4) is 0 Å². The van der Waals surface area contributed by atoms with Gasteiger partial charge in [-0.1, -0.05) is 30.3 Å². The molecule has 1 atom stereocenters. The number of aliphatic hydroxyl groups is 1. The lowest BCUT2D eigenvalue weighted by Gasteiger charge is -2.12. The fraction of sp³-hybridized carbons (Fsp3) is 0.214. The van der Waals surface area contributed by atoms with Crippen molar-refractivity contribution < 1.29 is 5.11 Å². The van der Waals surface area contributed by atoms with Crippen LogP contribution in [-0.2, 0) is 6.42 Å². The zero-order valence-corrected chi connectivity index (χ0v) is 10.3. The average Bonchev–Trinajstić information content (AvgIpc) is 2.46. The number of hydrogen-bond donors (Lipinski definition) is 2. The third-order valence-corrected chi connectivity index (χ3v) is 2.62. The predicted molar refractivity (Wildman–Crippen MR) is 71.4 cm³/mol. The van der Waals surface area contributed by atoms with Crippen LogP contribution in [-0.4, -0.2) is 27.7 Å². The molecule has 1 heterocycles. The summed E-state index contributed by atoms with van der Waals surface area (Å²) in [5.41, 5.74) is 1.30. The molecule has 0 fully saturated rings. The fourth-order valence-electron chi connectivity index (χ4n) is 1.72. The molecule has 0 bridgehead atoms. The molecule has 0 aliphatic carbocycles. The van der Waals surface area contributed by atoms with Crippen molar-refractivity contribution in [1.82, 2.24) is 9.97 Å². The minimum atomic E-state index is -0.545. The minimum absolute atomic E-state index is 0.231. The van der Waals surface area contributed by atoms with Gasteiger partial charge >= 0.3 is 0 Å². The lowest BCUT2D eigenvalue weighted by atomic mass is 10.1.